The first-order valence-corrected chi connectivity index (χ1v) is 8.11. The molecule has 0 radical (unpaired) electrons. The maximum Gasteiger partial charge on any atom is 0.257 e. The molecule has 0 spiro atoms. The van der Waals surface area contributed by atoms with Crippen LogP contribution in [-0.4, -0.2) is 18.0 Å². The van der Waals surface area contributed by atoms with E-state index in [-0.39, 0.29) is 11.5 Å². The van der Waals surface area contributed by atoms with Crippen molar-refractivity contribution in [3.8, 4) is 5.75 Å². The van der Waals surface area contributed by atoms with Gasteiger partial charge in [-0.15, -0.1) is 0 Å². The lowest BCUT2D eigenvalue weighted by Gasteiger charge is -2.12. The second-order valence-electron chi connectivity index (χ2n) is 5.64. The largest absolute Gasteiger partial charge is 0.497 e. The molecule has 1 heterocycles. The summed E-state index contributed by atoms with van der Waals surface area (Å²) in [4.78, 5) is 26.4. The average molecular weight is 349 g/mol. The number of carbonyl (C=O) groups is 1. The SMILES string of the molecule is COc1ccc(NC(=O)c2ccccc2NCc2ccc(=O)[nH]c2)cc1. The number of aromatic amines is 1. The first-order chi connectivity index (χ1) is 12.7. The Labute approximate surface area is 150 Å². The summed E-state index contributed by atoms with van der Waals surface area (Å²) in [5.41, 5.74) is 2.70. The highest BCUT2D eigenvalue weighted by molar-refractivity contribution is 6.08. The first kappa shape index (κ1) is 17.3. The van der Waals surface area contributed by atoms with Crippen LogP contribution < -0.4 is 20.9 Å². The van der Waals surface area contributed by atoms with E-state index in [2.05, 4.69) is 15.6 Å². The van der Waals surface area contributed by atoms with Gasteiger partial charge in [-0.3, -0.25) is 9.59 Å². The lowest BCUT2D eigenvalue weighted by atomic mass is 10.1. The molecule has 3 rings (SSSR count). The quantitative estimate of drug-likeness (QED) is 0.638. The number of rotatable bonds is 6. The van der Waals surface area contributed by atoms with Crippen LogP contribution in [-0.2, 0) is 6.54 Å². The number of hydrogen-bond acceptors (Lipinski definition) is 4. The monoisotopic (exact) mass is 349 g/mol. The van der Waals surface area contributed by atoms with Gasteiger partial charge in [0.2, 0.25) is 5.56 Å². The average Bonchev–Trinajstić information content (AvgIpc) is 2.68. The third-order valence-corrected chi connectivity index (χ3v) is 3.85. The van der Waals surface area contributed by atoms with E-state index in [1.54, 1.807) is 49.7 Å². The topological polar surface area (TPSA) is 83.2 Å². The van der Waals surface area contributed by atoms with Crippen molar-refractivity contribution in [2.24, 2.45) is 0 Å². The number of aromatic nitrogens is 1. The summed E-state index contributed by atoms with van der Waals surface area (Å²) in [5, 5.41) is 6.10. The van der Waals surface area contributed by atoms with E-state index < -0.39 is 0 Å². The number of benzene rings is 2. The number of para-hydroxylation sites is 1. The number of methoxy groups -OCH3 is 1. The second kappa shape index (κ2) is 8.02. The number of hydrogen-bond donors (Lipinski definition) is 3. The fraction of sp³-hybridized carbons (Fsp3) is 0.100. The molecule has 1 aromatic heterocycles. The Kier molecular flexibility index (Phi) is 5.34. The van der Waals surface area contributed by atoms with E-state index in [9.17, 15) is 9.59 Å². The van der Waals surface area contributed by atoms with E-state index >= 15 is 0 Å². The van der Waals surface area contributed by atoms with Crippen molar-refractivity contribution in [1.82, 2.24) is 4.98 Å². The van der Waals surface area contributed by atoms with Gasteiger partial charge >= 0.3 is 0 Å². The molecule has 132 valence electrons. The highest BCUT2D eigenvalue weighted by atomic mass is 16.5. The Bertz CT molecular complexity index is 929. The molecule has 0 saturated heterocycles. The van der Waals surface area contributed by atoms with Gasteiger partial charge < -0.3 is 20.4 Å². The summed E-state index contributed by atoms with van der Waals surface area (Å²) in [6.45, 7) is 0.490. The van der Waals surface area contributed by atoms with Crippen molar-refractivity contribution >= 4 is 17.3 Å². The fourth-order valence-electron chi connectivity index (χ4n) is 2.46. The summed E-state index contributed by atoms with van der Waals surface area (Å²) in [6.07, 6.45) is 1.65. The van der Waals surface area contributed by atoms with Crippen LogP contribution in [0.1, 0.15) is 15.9 Å². The van der Waals surface area contributed by atoms with Crippen LogP contribution in [0.3, 0.4) is 0 Å². The number of anilines is 2. The second-order valence-corrected chi connectivity index (χ2v) is 5.64. The minimum absolute atomic E-state index is 0.145. The summed E-state index contributed by atoms with van der Waals surface area (Å²) in [5.74, 6) is 0.519. The zero-order valence-corrected chi connectivity index (χ0v) is 14.3. The molecule has 3 N–H and O–H groups in total. The molecule has 0 fully saturated rings. The molecular weight excluding hydrogens is 330 g/mol. The number of ether oxygens (including phenoxy) is 1. The molecule has 0 aliphatic carbocycles. The van der Waals surface area contributed by atoms with E-state index in [0.29, 0.717) is 23.5 Å². The smallest absolute Gasteiger partial charge is 0.257 e. The number of carbonyl (C=O) groups excluding carboxylic acids is 1. The predicted molar refractivity (Wildman–Crippen MR) is 102 cm³/mol. The molecule has 0 aliphatic heterocycles. The van der Waals surface area contributed by atoms with Crippen LogP contribution >= 0.6 is 0 Å². The van der Waals surface area contributed by atoms with Crippen LogP contribution in [0.15, 0.2) is 71.7 Å². The molecule has 1 amide bonds. The molecule has 26 heavy (non-hydrogen) atoms. The summed E-state index contributed by atoms with van der Waals surface area (Å²) in [7, 11) is 1.60. The van der Waals surface area contributed by atoms with Crippen molar-refractivity contribution in [3.05, 3.63) is 88.3 Å². The lowest BCUT2D eigenvalue weighted by Crippen LogP contribution is -2.15. The van der Waals surface area contributed by atoms with Crippen LogP contribution in [0.25, 0.3) is 0 Å². The van der Waals surface area contributed by atoms with Crippen molar-refractivity contribution < 1.29 is 9.53 Å². The van der Waals surface area contributed by atoms with Crippen molar-refractivity contribution in [2.75, 3.05) is 17.7 Å². The number of pyridine rings is 1. The maximum atomic E-state index is 12.6. The summed E-state index contributed by atoms with van der Waals surface area (Å²) < 4.78 is 5.11. The minimum Gasteiger partial charge on any atom is -0.497 e. The molecule has 6 heteroatoms. The molecule has 0 bridgehead atoms. The van der Waals surface area contributed by atoms with E-state index in [1.165, 1.54) is 6.07 Å². The van der Waals surface area contributed by atoms with Gasteiger partial charge in [0.05, 0.1) is 12.7 Å². The van der Waals surface area contributed by atoms with Gasteiger partial charge in [-0.25, -0.2) is 0 Å². The molecular formula is C20H19N3O3. The molecule has 0 atom stereocenters. The van der Waals surface area contributed by atoms with Crippen LogP contribution in [0.5, 0.6) is 5.75 Å². The number of nitrogens with one attached hydrogen (secondary N) is 3. The van der Waals surface area contributed by atoms with E-state index in [0.717, 1.165) is 11.3 Å². The Hall–Kier alpha value is -3.54. The van der Waals surface area contributed by atoms with Crippen LogP contribution in [0.2, 0.25) is 0 Å². The van der Waals surface area contributed by atoms with Gasteiger partial charge in [-0.2, -0.15) is 0 Å². The number of H-pyrrole nitrogens is 1. The van der Waals surface area contributed by atoms with Crippen LogP contribution in [0.4, 0.5) is 11.4 Å². The van der Waals surface area contributed by atoms with Gasteiger partial charge in [0.1, 0.15) is 5.75 Å². The van der Waals surface area contributed by atoms with Gasteiger partial charge in [0, 0.05) is 30.2 Å². The molecule has 6 nitrogen and oxygen atoms in total. The minimum atomic E-state index is -0.209. The van der Waals surface area contributed by atoms with Crippen molar-refractivity contribution in [2.45, 2.75) is 6.54 Å². The zero-order chi connectivity index (χ0) is 18.4. The van der Waals surface area contributed by atoms with Crippen molar-refractivity contribution in [3.63, 3.8) is 0 Å². The van der Waals surface area contributed by atoms with Gasteiger partial charge in [-0.05, 0) is 42.0 Å². The Balaban J connectivity index is 1.71. The fourth-order valence-corrected chi connectivity index (χ4v) is 2.46. The predicted octanol–water partition coefficient (Wildman–Crippen LogP) is 3.25. The summed E-state index contributed by atoms with van der Waals surface area (Å²) in [6, 6.07) is 17.6. The molecule has 0 saturated carbocycles. The van der Waals surface area contributed by atoms with E-state index in [4.69, 9.17) is 4.74 Å². The zero-order valence-electron chi connectivity index (χ0n) is 14.3. The van der Waals surface area contributed by atoms with E-state index in [1.807, 2.05) is 18.2 Å². The molecule has 0 unspecified atom stereocenters. The Morgan fingerprint density at radius 3 is 2.50 bits per heavy atom. The molecule has 3 aromatic rings. The Morgan fingerprint density at radius 1 is 1.04 bits per heavy atom. The third kappa shape index (κ3) is 4.30. The molecule has 0 aliphatic rings. The lowest BCUT2D eigenvalue weighted by molar-refractivity contribution is 0.102. The highest BCUT2D eigenvalue weighted by Gasteiger charge is 2.11. The molecule has 2 aromatic carbocycles. The maximum absolute atomic E-state index is 12.6. The van der Waals surface area contributed by atoms with Gasteiger partial charge in [0.25, 0.3) is 5.91 Å². The normalized spacial score (nSPS) is 10.2. The number of amides is 1. The third-order valence-electron chi connectivity index (χ3n) is 3.85. The van der Waals surface area contributed by atoms with Crippen molar-refractivity contribution in [1.29, 1.82) is 0 Å². The first-order valence-electron chi connectivity index (χ1n) is 8.11. The van der Waals surface area contributed by atoms with Gasteiger partial charge in [-0.1, -0.05) is 18.2 Å². The van der Waals surface area contributed by atoms with Crippen LogP contribution in [0, 0.1) is 0 Å². The van der Waals surface area contributed by atoms with Gasteiger partial charge in [0.15, 0.2) is 0 Å². The standard InChI is InChI=1S/C20H19N3O3/c1-26-16-9-7-15(8-10-16)23-20(25)17-4-2-3-5-18(17)21-12-14-6-11-19(24)22-13-14/h2-11,13,21H,12H2,1H3,(H,22,24)(H,23,25). The Morgan fingerprint density at radius 2 is 1.81 bits per heavy atom. The highest BCUT2D eigenvalue weighted by Crippen LogP contribution is 2.20. The summed E-state index contributed by atoms with van der Waals surface area (Å²) >= 11 is 0.